The molecule has 0 atom stereocenters. The van der Waals surface area contributed by atoms with E-state index in [0.717, 1.165) is 44.4 Å². The molecule has 3 aromatic carbocycles. The van der Waals surface area contributed by atoms with Gasteiger partial charge >= 0.3 is 0 Å². The fourth-order valence-corrected chi connectivity index (χ4v) is 3.38. The topological polar surface area (TPSA) is 44.5 Å². The third kappa shape index (κ3) is 2.13. The van der Waals surface area contributed by atoms with Gasteiger partial charge in [0, 0.05) is 21.6 Å². The van der Waals surface area contributed by atoms with Gasteiger partial charge in [0.2, 0.25) is 0 Å². The summed E-state index contributed by atoms with van der Waals surface area (Å²) in [7, 11) is 0. The molecule has 120 valence electrons. The highest BCUT2D eigenvalue weighted by Gasteiger charge is 2.19. The number of ether oxygens (including phenoxy) is 2. The Balaban J connectivity index is 1.94. The average Bonchev–Trinajstić information content (AvgIpc) is 2.67. The molecule has 25 heavy (non-hydrogen) atoms. The van der Waals surface area contributed by atoms with Crippen LogP contribution in [0.5, 0.6) is 17.2 Å². The van der Waals surface area contributed by atoms with Crippen LogP contribution in [0.2, 0.25) is 0 Å². The van der Waals surface area contributed by atoms with Gasteiger partial charge in [-0.1, -0.05) is 48.5 Å². The molecule has 5 rings (SSSR count). The molecular weight excluding hydrogens is 310 g/mol. The maximum absolute atomic E-state index is 6.30. The van der Waals surface area contributed by atoms with E-state index >= 15 is 0 Å². The second kappa shape index (κ2) is 5.28. The van der Waals surface area contributed by atoms with E-state index in [2.05, 4.69) is 18.2 Å². The maximum atomic E-state index is 6.30. The second-order valence-corrected chi connectivity index (χ2v) is 6.07. The molecule has 3 nitrogen and oxygen atoms in total. The Morgan fingerprint density at radius 2 is 1.48 bits per heavy atom. The van der Waals surface area contributed by atoms with Gasteiger partial charge in [-0.2, -0.15) is 0 Å². The van der Waals surface area contributed by atoms with Crippen LogP contribution in [-0.2, 0) is 0 Å². The lowest BCUT2D eigenvalue weighted by atomic mass is 9.96. The highest BCUT2D eigenvalue weighted by molar-refractivity contribution is 5.81. The van der Waals surface area contributed by atoms with Gasteiger partial charge in [-0.05, 0) is 29.8 Å². The number of rotatable bonds is 1. The van der Waals surface area contributed by atoms with Crippen molar-refractivity contribution in [1.82, 2.24) is 0 Å². The number of hydrogen-bond donors (Lipinski definition) is 1. The van der Waals surface area contributed by atoms with Gasteiger partial charge in [-0.15, -0.1) is 0 Å². The summed E-state index contributed by atoms with van der Waals surface area (Å²) >= 11 is 0. The zero-order chi connectivity index (χ0) is 16.8. The summed E-state index contributed by atoms with van der Waals surface area (Å²) in [6, 6.07) is 22.0. The third-order valence-corrected chi connectivity index (χ3v) is 4.52. The van der Waals surface area contributed by atoms with Crippen LogP contribution in [-0.4, -0.2) is 0 Å². The van der Waals surface area contributed by atoms with Crippen molar-refractivity contribution in [1.29, 1.82) is 0 Å². The SMILES string of the molecule is NC1=COc2ccc3c(c2=C1c1ccccc1)=Cc1ccccc1O3. The van der Waals surface area contributed by atoms with E-state index < -0.39 is 0 Å². The molecule has 0 saturated carbocycles. The maximum Gasteiger partial charge on any atom is 0.135 e. The summed E-state index contributed by atoms with van der Waals surface area (Å²) in [6.07, 6.45) is 3.74. The van der Waals surface area contributed by atoms with E-state index in [0.29, 0.717) is 5.70 Å². The molecule has 0 aliphatic carbocycles. The van der Waals surface area contributed by atoms with Gasteiger partial charge in [-0.3, -0.25) is 0 Å². The molecule has 3 aromatic rings. The molecule has 0 radical (unpaired) electrons. The minimum Gasteiger partial charge on any atom is -0.462 e. The molecule has 0 amide bonds. The van der Waals surface area contributed by atoms with E-state index in [4.69, 9.17) is 15.2 Å². The lowest BCUT2D eigenvalue weighted by molar-refractivity contribution is 0.453. The first-order valence-electron chi connectivity index (χ1n) is 8.15. The van der Waals surface area contributed by atoms with Gasteiger partial charge in [0.25, 0.3) is 0 Å². The van der Waals surface area contributed by atoms with Crippen LogP contribution < -0.4 is 25.6 Å². The van der Waals surface area contributed by atoms with Crippen LogP contribution in [0.1, 0.15) is 11.1 Å². The minimum atomic E-state index is 0.611. The summed E-state index contributed by atoms with van der Waals surface area (Å²) in [4.78, 5) is 0. The molecule has 2 aliphatic rings. The Morgan fingerprint density at radius 3 is 2.36 bits per heavy atom. The molecule has 2 heterocycles. The zero-order valence-electron chi connectivity index (χ0n) is 13.4. The second-order valence-electron chi connectivity index (χ2n) is 6.07. The Kier molecular flexibility index (Phi) is 2.94. The summed E-state index contributed by atoms with van der Waals surface area (Å²) in [5.74, 6) is 2.45. The summed E-state index contributed by atoms with van der Waals surface area (Å²) < 4.78 is 11.9. The van der Waals surface area contributed by atoms with Crippen molar-refractivity contribution in [3.05, 3.63) is 100 Å². The van der Waals surface area contributed by atoms with Crippen LogP contribution in [0.3, 0.4) is 0 Å². The van der Waals surface area contributed by atoms with E-state index in [1.165, 1.54) is 0 Å². The number of benzene rings is 3. The van der Waals surface area contributed by atoms with E-state index in [1.54, 1.807) is 6.26 Å². The lowest BCUT2D eigenvalue weighted by Crippen LogP contribution is -2.35. The fourth-order valence-electron chi connectivity index (χ4n) is 3.38. The van der Waals surface area contributed by atoms with Gasteiger partial charge in [-0.25, -0.2) is 0 Å². The van der Waals surface area contributed by atoms with Crippen molar-refractivity contribution in [2.24, 2.45) is 5.73 Å². The lowest BCUT2D eigenvalue weighted by Gasteiger charge is -2.20. The van der Waals surface area contributed by atoms with Gasteiger partial charge in [0.1, 0.15) is 23.5 Å². The molecule has 3 heteroatoms. The molecule has 0 saturated heterocycles. The average molecular weight is 325 g/mol. The summed E-state index contributed by atoms with van der Waals surface area (Å²) in [6.45, 7) is 0. The van der Waals surface area contributed by atoms with Crippen LogP contribution in [0, 0.1) is 0 Å². The molecule has 0 spiro atoms. The molecule has 0 fully saturated rings. The monoisotopic (exact) mass is 325 g/mol. The largest absolute Gasteiger partial charge is 0.462 e. The molecule has 0 aromatic heterocycles. The molecule has 2 N–H and O–H groups in total. The first kappa shape index (κ1) is 13.9. The number of para-hydroxylation sites is 1. The van der Waals surface area contributed by atoms with Crippen molar-refractivity contribution in [3.8, 4) is 17.2 Å². The first-order chi connectivity index (χ1) is 12.3. The van der Waals surface area contributed by atoms with E-state index in [-0.39, 0.29) is 0 Å². The number of fused-ring (bicyclic) bond motifs is 4. The number of nitrogens with two attached hydrogens (primary N) is 1. The molecule has 0 bridgehead atoms. The Labute approximate surface area is 144 Å². The Bertz CT molecular complexity index is 1140. The van der Waals surface area contributed by atoms with Crippen molar-refractivity contribution in [3.63, 3.8) is 0 Å². The molecule has 0 unspecified atom stereocenters. The van der Waals surface area contributed by atoms with Gasteiger partial charge in [0.15, 0.2) is 0 Å². The van der Waals surface area contributed by atoms with Crippen LogP contribution in [0.4, 0.5) is 0 Å². The molecular formula is C22H15NO2. The van der Waals surface area contributed by atoms with Gasteiger partial charge < -0.3 is 15.2 Å². The smallest absolute Gasteiger partial charge is 0.135 e. The predicted octanol–water partition coefficient (Wildman–Crippen LogP) is 3.01. The van der Waals surface area contributed by atoms with Crippen molar-refractivity contribution in [2.75, 3.05) is 0 Å². The normalized spacial score (nSPS) is 14.1. The summed E-state index contributed by atoms with van der Waals surface area (Å²) in [5.41, 5.74) is 9.98. The van der Waals surface area contributed by atoms with Crippen molar-refractivity contribution in [2.45, 2.75) is 0 Å². The zero-order valence-corrected chi connectivity index (χ0v) is 13.4. The van der Waals surface area contributed by atoms with Gasteiger partial charge in [0.05, 0.1) is 5.70 Å². The standard InChI is InChI=1S/C22H15NO2/c23-17-13-24-20-11-10-19-16(12-15-8-4-5-9-18(15)25-19)22(20)21(17)14-6-2-1-3-7-14/h1-13H,23H2. The third-order valence-electron chi connectivity index (χ3n) is 4.52. The highest BCUT2D eigenvalue weighted by atomic mass is 16.5. The summed E-state index contributed by atoms with van der Waals surface area (Å²) in [5, 5.41) is 1.96. The van der Waals surface area contributed by atoms with E-state index in [1.807, 2.05) is 54.6 Å². The Hall–Kier alpha value is -3.46. The van der Waals surface area contributed by atoms with Crippen molar-refractivity contribution >= 4 is 11.6 Å². The fraction of sp³-hybridized carbons (Fsp3) is 0. The van der Waals surface area contributed by atoms with E-state index in [9.17, 15) is 0 Å². The number of hydrogen-bond acceptors (Lipinski definition) is 3. The van der Waals surface area contributed by atoms with Crippen LogP contribution in [0.25, 0.3) is 11.6 Å². The van der Waals surface area contributed by atoms with Crippen molar-refractivity contribution < 1.29 is 9.47 Å². The minimum absolute atomic E-state index is 0.611. The highest BCUT2D eigenvalue weighted by Crippen LogP contribution is 2.29. The first-order valence-corrected chi connectivity index (χ1v) is 8.15. The number of allylic oxidation sites excluding steroid dienone is 1. The Morgan fingerprint density at radius 1 is 0.720 bits per heavy atom. The quantitative estimate of drug-likeness (QED) is 0.585. The molecule has 2 aliphatic heterocycles. The van der Waals surface area contributed by atoms with Crippen LogP contribution >= 0.6 is 0 Å². The predicted molar refractivity (Wildman–Crippen MR) is 97.6 cm³/mol. The van der Waals surface area contributed by atoms with Crippen LogP contribution in [0.15, 0.2) is 78.7 Å².